The molecule has 2 heteroatoms. The summed E-state index contributed by atoms with van der Waals surface area (Å²) in [6.07, 6.45) is 6.37. The quantitative estimate of drug-likeness (QED) is 0.778. The molecule has 1 aliphatic heterocycles. The maximum Gasteiger partial charge on any atom is 0.0414 e. The molecule has 2 atom stereocenters. The predicted octanol–water partition coefficient (Wildman–Crippen LogP) is 4.76. The number of hydrogen-bond acceptors (Lipinski definition) is 2. The van der Waals surface area contributed by atoms with Crippen LogP contribution in [0, 0.1) is 5.92 Å². The van der Waals surface area contributed by atoms with Gasteiger partial charge >= 0.3 is 0 Å². The average Bonchev–Trinajstić information content (AvgIpc) is 2.66. The van der Waals surface area contributed by atoms with Crippen LogP contribution in [0.3, 0.4) is 0 Å². The third kappa shape index (κ3) is 4.47. The first-order chi connectivity index (χ1) is 10.3. The van der Waals surface area contributed by atoms with E-state index in [1.54, 1.807) is 0 Å². The largest absolute Gasteiger partial charge is 0.371 e. The summed E-state index contributed by atoms with van der Waals surface area (Å²) < 4.78 is 0. The highest BCUT2D eigenvalue weighted by Crippen LogP contribution is 2.33. The van der Waals surface area contributed by atoms with Gasteiger partial charge in [0, 0.05) is 24.8 Å². The van der Waals surface area contributed by atoms with Crippen LogP contribution in [-0.4, -0.2) is 19.6 Å². The molecule has 0 bridgehead atoms. The summed E-state index contributed by atoms with van der Waals surface area (Å²) in [6, 6.07) is 9.56. The number of hydrogen-bond donors (Lipinski definition) is 1. The summed E-state index contributed by atoms with van der Waals surface area (Å²) >= 11 is 0. The van der Waals surface area contributed by atoms with Crippen LogP contribution in [0.25, 0.3) is 0 Å². The zero-order valence-corrected chi connectivity index (χ0v) is 14.1. The molecule has 118 valence electrons. The number of para-hydroxylation sites is 1. The van der Waals surface area contributed by atoms with Crippen LogP contribution in [0.4, 0.5) is 5.69 Å². The highest BCUT2D eigenvalue weighted by molar-refractivity contribution is 5.55. The SMILES string of the molecule is CCCNC1CCCN(CC(C)CCC)c2ccccc21. The second-order valence-corrected chi connectivity index (χ2v) is 6.55. The lowest BCUT2D eigenvalue weighted by Crippen LogP contribution is -2.29. The molecular weight excluding hydrogens is 256 g/mol. The Morgan fingerprint density at radius 2 is 2.05 bits per heavy atom. The van der Waals surface area contributed by atoms with Crippen LogP contribution in [0.5, 0.6) is 0 Å². The Kier molecular flexibility index (Phi) is 6.56. The summed E-state index contributed by atoms with van der Waals surface area (Å²) in [5.41, 5.74) is 2.97. The maximum absolute atomic E-state index is 3.74. The van der Waals surface area contributed by atoms with E-state index in [0.29, 0.717) is 6.04 Å². The third-order valence-electron chi connectivity index (χ3n) is 4.53. The minimum Gasteiger partial charge on any atom is -0.371 e. The van der Waals surface area contributed by atoms with Gasteiger partial charge in [-0.3, -0.25) is 0 Å². The number of fused-ring (bicyclic) bond motifs is 1. The number of anilines is 1. The smallest absolute Gasteiger partial charge is 0.0414 e. The summed E-state index contributed by atoms with van der Waals surface area (Å²) in [7, 11) is 0. The van der Waals surface area contributed by atoms with Crippen molar-refractivity contribution >= 4 is 5.69 Å². The fourth-order valence-corrected chi connectivity index (χ4v) is 3.51. The molecule has 0 radical (unpaired) electrons. The van der Waals surface area contributed by atoms with Crippen LogP contribution in [0.2, 0.25) is 0 Å². The molecule has 2 unspecified atom stereocenters. The van der Waals surface area contributed by atoms with Crippen molar-refractivity contribution in [2.45, 2.75) is 58.9 Å². The first-order valence-electron chi connectivity index (χ1n) is 8.83. The lowest BCUT2D eigenvalue weighted by molar-refractivity contribution is 0.487. The Hall–Kier alpha value is -1.02. The summed E-state index contributed by atoms with van der Waals surface area (Å²) in [4.78, 5) is 2.63. The molecule has 1 aromatic rings. The van der Waals surface area contributed by atoms with Crippen molar-refractivity contribution in [3.63, 3.8) is 0 Å². The van der Waals surface area contributed by atoms with Crippen molar-refractivity contribution in [3.05, 3.63) is 29.8 Å². The van der Waals surface area contributed by atoms with Crippen LogP contribution in [0.15, 0.2) is 24.3 Å². The van der Waals surface area contributed by atoms with Crippen LogP contribution >= 0.6 is 0 Å². The lowest BCUT2D eigenvalue weighted by Gasteiger charge is -2.28. The van der Waals surface area contributed by atoms with E-state index in [4.69, 9.17) is 0 Å². The Labute approximate surface area is 130 Å². The molecule has 1 aliphatic rings. The average molecular weight is 288 g/mol. The normalized spacial score (nSPS) is 20.0. The summed E-state index contributed by atoms with van der Waals surface area (Å²) in [5, 5.41) is 3.74. The first kappa shape index (κ1) is 16.4. The van der Waals surface area contributed by atoms with Gasteiger partial charge in [-0.2, -0.15) is 0 Å². The minimum absolute atomic E-state index is 0.535. The Morgan fingerprint density at radius 1 is 1.24 bits per heavy atom. The van der Waals surface area contributed by atoms with Crippen molar-refractivity contribution in [3.8, 4) is 0 Å². The zero-order chi connectivity index (χ0) is 15.1. The molecule has 2 nitrogen and oxygen atoms in total. The molecule has 1 heterocycles. The van der Waals surface area contributed by atoms with E-state index in [2.05, 4.69) is 55.3 Å². The molecule has 0 aromatic heterocycles. The molecule has 0 aliphatic carbocycles. The van der Waals surface area contributed by atoms with Gasteiger partial charge in [0.15, 0.2) is 0 Å². The summed E-state index contributed by atoms with van der Waals surface area (Å²) in [6.45, 7) is 10.4. The molecule has 0 saturated carbocycles. The lowest BCUT2D eigenvalue weighted by atomic mass is 10.0. The van der Waals surface area contributed by atoms with E-state index in [-0.39, 0.29) is 0 Å². The standard InChI is InChI=1S/C19H32N2/c1-4-9-16(3)15-21-14-8-11-18(20-13-5-2)17-10-6-7-12-19(17)21/h6-7,10,12,16,18,20H,4-5,8-9,11,13-15H2,1-3H3. The monoisotopic (exact) mass is 288 g/mol. The van der Waals surface area contributed by atoms with Crippen molar-refractivity contribution in [2.24, 2.45) is 5.92 Å². The van der Waals surface area contributed by atoms with E-state index in [9.17, 15) is 0 Å². The number of nitrogens with zero attached hydrogens (tertiary/aromatic N) is 1. The molecule has 0 amide bonds. The maximum atomic E-state index is 3.74. The summed E-state index contributed by atoms with van der Waals surface area (Å²) in [5.74, 6) is 0.781. The van der Waals surface area contributed by atoms with Gasteiger partial charge in [0.1, 0.15) is 0 Å². The van der Waals surface area contributed by atoms with Crippen molar-refractivity contribution < 1.29 is 0 Å². The predicted molar refractivity (Wildman–Crippen MR) is 93.0 cm³/mol. The van der Waals surface area contributed by atoms with E-state index >= 15 is 0 Å². The fourth-order valence-electron chi connectivity index (χ4n) is 3.51. The molecule has 2 rings (SSSR count). The van der Waals surface area contributed by atoms with E-state index in [1.807, 2.05) is 0 Å². The van der Waals surface area contributed by atoms with Gasteiger partial charge < -0.3 is 10.2 Å². The first-order valence-corrected chi connectivity index (χ1v) is 8.83. The Balaban J connectivity index is 2.16. The number of benzene rings is 1. The van der Waals surface area contributed by atoms with Gasteiger partial charge in [-0.25, -0.2) is 0 Å². The van der Waals surface area contributed by atoms with Gasteiger partial charge in [-0.05, 0) is 49.8 Å². The van der Waals surface area contributed by atoms with Crippen molar-refractivity contribution in [1.82, 2.24) is 5.32 Å². The van der Waals surface area contributed by atoms with Gasteiger partial charge in [0.2, 0.25) is 0 Å². The Bertz CT molecular complexity index is 416. The molecular formula is C19H32N2. The van der Waals surface area contributed by atoms with E-state index in [0.717, 1.165) is 12.5 Å². The molecule has 21 heavy (non-hydrogen) atoms. The molecule has 0 fully saturated rings. The molecule has 1 aromatic carbocycles. The van der Waals surface area contributed by atoms with Gasteiger partial charge in [-0.1, -0.05) is 45.4 Å². The third-order valence-corrected chi connectivity index (χ3v) is 4.53. The second-order valence-electron chi connectivity index (χ2n) is 6.55. The topological polar surface area (TPSA) is 15.3 Å². The molecule has 0 saturated heterocycles. The fraction of sp³-hybridized carbons (Fsp3) is 0.684. The van der Waals surface area contributed by atoms with E-state index < -0.39 is 0 Å². The van der Waals surface area contributed by atoms with Gasteiger partial charge in [0.05, 0.1) is 0 Å². The zero-order valence-electron chi connectivity index (χ0n) is 14.1. The van der Waals surface area contributed by atoms with Crippen LogP contribution < -0.4 is 10.2 Å². The molecule has 0 spiro atoms. The number of nitrogens with one attached hydrogen (secondary N) is 1. The van der Waals surface area contributed by atoms with Crippen molar-refractivity contribution in [1.29, 1.82) is 0 Å². The second kappa shape index (κ2) is 8.43. The molecule has 1 N–H and O–H groups in total. The highest BCUT2D eigenvalue weighted by Gasteiger charge is 2.22. The Morgan fingerprint density at radius 3 is 2.81 bits per heavy atom. The van der Waals surface area contributed by atoms with Crippen LogP contribution in [-0.2, 0) is 0 Å². The van der Waals surface area contributed by atoms with Crippen molar-refractivity contribution in [2.75, 3.05) is 24.5 Å². The van der Waals surface area contributed by atoms with E-state index in [1.165, 1.54) is 56.4 Å². The number of rotatable bonds is 7. The van der Waals surface area contributed by atoms with Gasteiger partial charge in [-0.15, -0.1) is 0 Å². The van der Waals surface area contributed by atoms with Crippen LogP contribution in [0.1, 0.15) is 64.5 Å². The highest BCUT2D eigenvalue weighted by atomic mass is 15.1. The minimum atomic E-state index is 0.535. The van der Waals surface area contributed by atoms with Gasteiger partial charge in [0.25, 0.3) is 0 Å².